The van der Waals surface area contributed by atoms with Crippen LogP contribution in [0.1, 0.15) is 36.6 Å². The fourth-order valence-corrected chi connectivity index (χ4v) is 3.47. The van der Waals surface area contributed by atoms with Gasteiger partial charge in [-0.3, -0.25) is 5.10 Å². The van der Waals surface area contributed by atoms with Crippen LogP contribution in [0.4, 0.5) is 16.4 Å². The second-order valence-electron chi connectivity index (χ2n) is 7.01. The van der Waals surface area contributed by atoms with Gasteiger partial charge in [0.25, 0.3) is 0 Å². The van der Waals surface area contributed by atoms with Gasteiger partial charge in [0.05, 0.1) is 37.3 Å². The predicted molar refractivity (Wildman–Crippen MR) is 97.8 cm³/mol. The first-order valence-corrected chi connectivity index (χ1v) is 9.17. The fraction of sp³-hybridized carbons (Fsp3) is 0.500. The van der Waals surface area contributed by atoms with E-state index in [2.05, 4.69) is 25.5 Å². The second kappa shape index (κ2) is 7.82. The Labute approximate surface area is 161 Å². The van der Waals surface area contributed by atoms with Crippen molar-refractivity contribution in [3.05, 3.63) is 29.8 Å². The first-order chi connectivity index (χ1) is 13.6. The summed E-state index contributed by atoms with van der Waals surface area (Å²) in [4.78, 5) is 21.9. The molecule has 2 aromatic rings. The van der Waals surface area contributed by atoms with Crippen molar-refractivity contribution >= 4 is 17.7 Å². The van der Waals surface area contributed by atoms with Gasteiger partial charge < -0.3 is 19.7 Å². The number of aromatic amines is 1. The van der Waals surface area contributed by atoms with Crippen LogP contribution in [-0.2, 0) is 9.47 Å². The summed E-state index contributed by atoms with van der Waals surface area (Å²) in [5, 5.41) is 19.1. The van der Waals surface area contributed by atoms with Crippen molar-refractivity contribution in [3.63, 3.8) is 0 Å². The Morgan fingerprint density at radius 2 is 2.18 bits per heavy atom. The van der Waals surface area contributed by atoms with E-state index in [0.29, 0.717) is 24.7 Å². The number of carbonyl (C=O) groups is 1. The summed E-state index contributed by atoms with van der Waals surface area (Å²) in [5.74, 6) is 1.46. The van der Waals surface area contributed by atoms with E-state index in [4.69, 9.17) is 14.7 Å². The van der Waals surface area contributed by atoms with Crippen molar-refractivity contribution in [2.45, 2.75) is 37.4 Å². The van der Waals surface area contributed by atoms with Crippen molar-refractivity contribution in [3.8, 4) is 6.07 Å². The van der Waals surface area contributed by atoms with Crippen molar-refractivity contribution in [1.82, 2.24) is 25.1 Å². The summed E-state index contributed by atoms with van der Waals surface area (Å²) in [5.41, 5.74) is 1.18. The number of amides is 1. The number of hydrogen-bond acceptors (Lipinski definition) is 8. The number of likely N-dealkylation sites (tertiary alicyclic amines) is 1. The molecule has 0 spiro atoms. The Morgan fingerprint density at radius 1 is 1.32 bits per heavy atom. The van der Waals surface area contributed by atoms with Gasteiger partial charge in [-0.1, -0.05) is 0 Å². The molecule has 2 fully saturated rings. The standard InChI is InChI=1S/C18H21N7O3/c1-27-14-9-25(10-14)18(26)28-13-3-2-11(4-13)15-5-16(24-23-15)22-17-8-20-12(6-19)7-21-17/h5,7-8,11,13-14H,2-4,9-10H2,1H3,(H2,21,22,23,24)/t11-,13+/m0/s1. The number of aromatic nitrogens is 4. The molecule has 0 radical (unpaired) electrons. The van der Waals surface area contributed by atoms with Crippen LogP contribution in [0.2, 0.25) is 0 Å². The number of hydrogen-bond donors (Lipinski definition) is 2. The lowest BCUT2D eigenvalue weighted by atomic mass is 10.0. The molecule has 1 amide bonds. The minimum atomic E-state index is -0.261. The van der Waals surface area contributed by atoms with Crippen LogP contribution in [0, 0.1) is 11.3 Å². The molecule has 1 saturated heterocycles. The second-order valence-corrected chi connectivity index (χ2v) is 7.01. The van der Waals surface area contributed by atoms with Crippen molar-refractivity contribution in [1.29, 1.82) is 5.26 Å². The van der Waals surface area contributed by atoms with Crippen LogP contribution in [0.3, 0.4) is 0 Å². The first kappa shape index (κ1) is 18.2. The average molecular weight is 383 g/mol. The van der Waals surface area contributed by atoms with Gasteiger partial charge in [-0.15, -0.1) is 0 Å². The predicted octanol–water partition coefficient (Wildman–Crippen LogP) is 1.92. The molecule has 0 unspecified atom stereocenters. The molecule has 2 atom stereocenters. The molecule has 1 aliphatic carbocycles. The fourth-order valence-electron chi connectivity index (χ4n) is 3.47. The molecule has 4 rings (SSSR count). The molecule has 10 heteroatoms. The maximum absolute atomic E-state index is 12.1. The number of nitrogens with zero attached hydrogens (tertiary/aromatic N) is 5. The number of methoxy groups -OCH3 is 1. The van der Waals surface area contributed by atoms with E-state index in [1.54, 1.807) is 12.0 Å². The molecule has 2 aromatic heterocycles. The third-order valence-corrected chi connectivity index (χ3v) is 5.14. The summed E-state index contributed by atoms with van der Waals surface area (Å²) in [6.45, 7) is 1.19. The minimum Gasteiger partial charge on any atom is -0.446 e. The van der Waals surface area contributed by atoms with Gasteiger partial charge in [-0.25, -0.2) is 14.8 Å². The Hall–Kier alpha value is -3.19. The Kier molecular flexibility index (Phi) is 5.08. The quantitative estimate of drug-likeness (QED) is 0.801. The Balaban J connectivity index is 1.28. The van der Waals surface area contributed by atoms with Crippen LogP contribution in [0.5, 0.6) is 0 Å². The highest BCUT2D eigenvalue weighted by Gasteiger charge is 2.35. The van der Waals surface area contributed by atoms with Crippen LogP contribution < -0.4 is 5.32 Å². The molecular formula is C18H21N7O3. The van der Waals surface area contributed by atoms with Crippen LogP contribution in [-0.4, -0.2) is 63.6 Å². The van der Waals surface area contributed by atoms with Gasteiger partial charge in [-0.05, 0) is 19.3 Å². The number of carbonyl (C=O) groups excluding carboxylic acids is 1. The zero-order valence-electron chi connectivity index (χ0n) is 15.5. The van der Waals surface area contributed by atoms with Gasteiger partial charge in [0.2, 0.25) is 0 Å². The average Bonchev–Trinajstić information content (AvgIpc) is 3.31. The number of nitrogens with one attached hydrogen (secondary N) is 2. The molecule has 0 bridgehead atoms. The lowest BCUT2D eigenvalue weighted by Crippen LogP contribution is -2.54. The number of ether oxygens (including phenoxy) is 2. The number of nitriles is 1. The summed E-state index contributed by atoms with van der Waals surface area (Å²) in [7, 11) is 1.65. The topological polar surface area (TPSA) is 129 Å². The van der Waals surface area contributed by atoms with Crippen LogP contribution >= 0.6 is 0 Å². The molecule has 3 heterocycles. The third-order valence-electron chi connectivity index (χ3n) is 5.14. The largest absolute Gasteiger partial charge is 0.446 e. The molecule has 146 valence electrons. The molecular weight excluding hydrogens is 362 g/mol. The maximum atomic E-state index is 12.1. The summed E-state index contributed by atoms with van der Waals surface area (Å²) >= 11 is 0. The highest BCUT2D eigenvalue weighted by Crippen LogP contribution is 2.36. The summed E-state index contributed by atoms with van der Waals surface area (Å²) in [6.07, 6.45) is 5.18. The van der Waals surface area contributed by atoms with E-state index >= 15 is 0 Å². The van der Waals surface area contributed by atoms with E-state index in [0.717, 1.165) is 25.0 Å². The zero-order valence-corrected chi connectivity index (χ0v) is 15.5. The van der Waals surface area contributed by atoms with Gasteiger partial charge in [0.1, 0.15) is 23.8 Å². The first-order valence-electron chi connectivity index (χ1n) is 9.17. The molecule has 0 aromatic carbocycles. The van der Waals surface area contributed by atoms with Gasteiger partial charge in [0, 0.05) is 19.1 Å². The molecule has 28 heavy (non-hydrogen) atoms. The number of rotatable bonds is 5. The number of anilines is 2. The van der Waals surface area contributed by atoms with Gasteiger partial charge in [0.15, 0.2) is 5.69 Å². The highest BCUT2D eigenvalue weighted by molar-refractivity contribution is 5.69. The zero-order chi connectivity index (χ0) is 19.5. The van der Waals surface area contributed by atoms with Crippen LogP contribution in [0.25, 0.3) is 0 Å². The summed E-state index contributed by atoms with van der Waals surface area (Å²) < 4.78 is 10.8. The normalized spacial score (nSPS) is 21.8. The van der Waals surface area contributed by atoms with Crippen molar-refractivity contribution in [2.75, 3.05) is 25.5 Å². The maximum Gasteiger partial charge on any atom is 0.410 e. The lowest BCUT2D eigenvalue weighted by molar-refractivity contribution is -0.0350. The molecule has 1 aliphatic heterocycles. The van der Waals surface area contributed by atoms with Gasteiger partial charge >= 0.3 is 6.09 Å². The van der Waals surface area contributed by atoms with Crippen molar-refractivity contribution < 1.29 is 14.3 Å². The highest BCUT2D eigenvalue weighted by atomic mass is 16.6. The van der Waals surface area contributed by atoms with E-state index < -0.39 is 0 Å². The minimum absolute atomic E-state index is 0.0865. The van der Waals surface area contributed by atoms with E-state index in [9.17, 15) is 4.79 Å². The summed E-state index contributed by atoms with van der Waals surface area (Å²) in [6, 6.07) is 3.85. The molecule has 10 nitrogen and oxygen atoms in total. The van der Waals surface area contributed by atoms with Gasteiger partial charge in [-0.2, -0.15) is 10.4 Å². The smallest absolute Gasteiger partial charge is 0.410 e. The third kappa shape index (κ3) is 3.89. The molecule has 2 aliphatic rings. The number of H-pyrrole nitrogens is 1. The molecule has 1 saturated carbocycles. The SMILES string of the molecule is COC1CN(C(=O)O[C@@H]2CC[C@H](c3cc(Nc4cnc(C#N)cn4)[nH]n3)C2)C1. The monoisotopic (exact) mass is 383 g/mol. The van der Waals surface area contributed by atoms with Crippen molar-refractivity contribution in [2.24, 2.45) is 0 Å². The lowest BCUT2D eigenvalue weighted by Gasteiger charge is -2.37. The Morgan fingerprint density at radius 3 is 2.89 bits per heavy atom. The molecule has 2 N–H and O–H groups in total. The van der Waals surface area contributed by atoms with E-state index in [1.807, 2.05) is 12.1 Å². The van der Waals surface area contributed by atoms with E-state index in [1.165, 1.54) is 12.4 Å². The Bertz CT molecular complexity index is 870. The van der Waals surface area contributed by atoms with E-state index in [-0.39, 0.29) is 29.9 Å². The van der Waals surface area contributed by atoms with Crippen LogP contribution in [0.15, 0.2) is 18.5 Å².